The highest BCUT2D eigenvalue weighted by molar-refractivity contribution is 5.82. The van der Waals surface area contributed by atoms with Gasteiger partial charge in [0.25, 0.3) is 0 Å². The summed E-state index contributed by atoms with van der Waals surface area (Å²) in [5.41, 5.74) is 0. The fourth-order valence-electron chi connectivity index (χ4n) is 5.22. The van der Waals surface area contributed by atoms with Crippen molar-refractivity contribution >= 4 is 5.84 Å². The first-order chi connectivity index (χ1) is 18.8. The smallest absolute Gasteiger partial charge is 0.0975 e. The van der Waals surface area contributed by atoms with E-state index in [2.05, 4.69) is 31.4 Å². The van der Waals surface area contributed by atoms with Crippen LogP contribution in [-0.2, 0) is 0 Å². The lowest BCUT2D eigenvalue weighted by molar-refractivity contribution is 0.536. The monoisotopic (exact) mass is 536 g/mol. The van der Waals surface area contributed by atoms with E-state index < -0.39 is 0 Å². The van der Waals surface area contributed by atoms with Crippen molar-refractivity contribution in [2.75, 3.05) is 26.2 Å². The summed E-state index contributed by atoms with van der Waals surface area (Å²) in [4.78, 5) is 4.95. The zero-order valence-electron chi connectivity index (χ0n) is 26.9. The molecule has 0 heterocycles. The van der Waals surface area contributed by atoms with E-state index in [9.17, 15) is 0 Å². The Hall–Kier alpha value is -0.570. The van der Waals surface area contributed by atoms with E-state index in [4.69, 9.17) is 4.99 Å². The van der Waals surface area contributed by atoms with Crippen LogP contribution in [0.4, 0.5) is 0 Å². The van der Waals surface area contributed by atoms with Crippen LogP contribution in [0.25, 0.3) is 0 Å². The first kappa shape index (κ1) is 37.4. The SMILES string of the molecule is CCCCCCCCCCCCCCN=C(CCNCCCCCCCCCCCCCC)NCCCC. The van der Waals surface area contributed by atoms with Gasteiger partial charge in [0, 0.05) is 26.1 Å². The number of hydrogen-bond acceptors (Lipinski definition) is 2. The van der Waals surface area contributed by atoms with Crippen LogP contribution in [0.15, 0.2) is 4.99 Å². The molecule has 0 spiro atoms. The maximum Gasteiger partial charge on any atom is 0.0975 e. The van der Waals surface area contributed by atoms with Crippen molar-refractivity contribution in [2.45, 2.75) is 194 Å². The van der Waals surface area contributed by atoms with E-state index in [1.807, 2.05) is 0 Å². The van der Waals surface area contributed by atoms with Crippen LogP contribution in [0.2, 0.25) is 0 Å². The number of hydrogen-bond donors (Lipinski definition) is 2. The zero-order valence-corrected chi connectivity index (χ0v) is 26.9. The average Bonchev–Trinajstić information content (AvgIpc) is 2.93. The summed E-state index contributed by atoms with van der Waals surface area (Å²) in [6, 6.07) is 0. The Morgan fingerprint density at radius 2 is 0.789 bits per heavy atom. The third-order valence-corrected chi connectivity index (χ3v) is 7.92. The summed E-state index contributed by atoms with van der Waals surface area (Å²) in [7, 11) is 0. The fourth-order valence-corrected chi connectivity index (χ4v) is 5.22. The highest BCUT2D eigenvalue weighted by Crippen LogP contribution is 2.13. The third-order valence-electron chi connectivity index (χ3n) is 7.92. The van der Waals surface area contributed by atoms with Gasteiger partial charge in [-0.15, -0.1) is 0 Å². The Labute approximate surface area is 241 Å². The van der Waals surface area contributed by atoms with Gasteiger partial charge in [-0.25, -0.2) is 0 Å². The molecule has 0 radical (unpaired) electrons. The topological polar surface area (TPSA) is 36.4 Å². The normalized spacial score (nSPS) is 11.9. The molecule has 0 aliphatic rings. The zero-order chi connectivity index (χ0) is 27.6. The molecule has 228 valence electrons. The lowest BCUT2D eigenvalue weighted by Crippen LogP contribution is -2.29. The number of aliphatic imine (C=N–C) groups is 1. The maximum absolute atomic E-state index is 4.95. The summed E-state index contributed by atoms with van der Waals surface area (Å²) in [6.45, 7) is 11.2. The van der Waals surface area contributed by atoms with Gasteiger partial charge in [0.2, 0.25) is 0 Å². The molecule has 3 nitrogen and oxygen atoms in total. The van der Waals surface area contributed by atoms with Crippen LogP contribution in [0.5, 0.6) is 0 Å². The van der Waals surface area contributed by atoms with Gasteiger partial charge in [0.15, 0.2) is 0 Å². The standard InChI is InChI=1S/C35H73N3/c1-4-7-10-12-14-16-18-20-22-24-26-28-31-36-34-30-35(37-32-9-6-3)38-33-29-27-25-23-21-19-17-15-13-11-8-5-2/h36H,4-34H2,1-3H3,(H,37,38). The number of amidine groups is 1. The first-order valence-electron chi connectivity index (χ1n) is 17.8. The Bertz CT molecular complexity index is 448. The predicted octanol–water partition coefficient (Wildman–Crippen LogP) is 11.2. The molecule has 0 rings (SSSR count). The second kappa shape index (κ2) is 34.5. The van der Waals surface area contributed by atoms with E-state index >= 15 is 0 Å². The Kier molecular flexibility index (Phi) is 33.9. The second-order valence-electron chi connectivity index (χ2n) is 11.9. The first-order valence-corrected chi connectivity index (χ1v) is 17.8. The van der Waals surface area contributed by atoms with E-state index in [-0.39, 0.29) is 0 Å². The van der Waals surface area contributed by atoms with Crippen molar-refractivity contribution < 1.29 is 0 Å². The summed E-state index contributed by atoms with van der Waals surface area (Å²) in [5.74, 6) is 1.24. The minimum atomic E-state index is 1.00. The molecule has 0 fully saturated rings. The van der Waals surface area contributed by atoms with Crippen LogP contribution < -0.4 is 10.6 Å². The number of nitrogens with one attached hydrogen (secondary N) is 2. The Morgan fingerprint density at radius 1 is 0.395 bits per heavy atom. The van der Waals surface area contributed by atoms with Gasteiger partial charge < -0.3 is 10.6 Å². The molecule has 0 amide bonds. The molecule has 0 bridgehead atoms. The summed E-state index contributed by atoms with van der Waals surface area (Å²) in [5, 5.41) is 7.29. The van der Waals surface area contributed by atoms with Crippen LogP contribution in [0, 0.1) is 0 Å². The van der Waals surface area contributed by atoms with Crippen molar-refractivity contribution in [1.82, 2.24) is 10.6 Å². The van der Waals surface area contributed by atoms with Gasteiger partial charge in [0.05, 0.1) is 5.84 Å². The van der Waals surface area contributed by atoms with E-state index in [0.717, 1.165) is 26.1 Å². The van der Waals surface area contributed by atoms with E-state index in [1.54, 1.807) is 0 Å². The van der Waals surface area contributed by atoms with Gasteiger partial charge in [-0.05, 0) is 25.8 Å². The molecule has 0 aliphatic heterocycles. The van der Waals surface area contributed by atoms with Crippen molar-refractivity contribution in [2.24, 2.45) is 4.99 Å². The van der Waals surface area contributed by atoms with Crippen LogP contribution in [0.1, 0.15) is 194 Å². The van der Waals surface area contributed by atoms with Crippen molar-refractivity contribution in [1.29, 1.82) is 0 Å². The molecule has 2 N–H and O–H groups in total. The minimum Gasteiger partial charge on any atom is -0.374 e. The van der Waals surface area contributed by atoms with Crippen molar-refractivity contribution in [3.05, 3.63) is 0 Å². The van der Waals surface area contributed by atoms with Crippen molar-refractivity contribution in [3.8, 4) is 0 Å². The minimum absolute atomic E-state index is 1.00. The van der Waals surface area contributed by atoms with Gasteiger partial charge in [-0.3, -0.25) is 4.99 Å². The molecule has 0 saturated carbocycles. The lowest BCUT2D eigenvalue weighted by atomic mass is 10.1. The Balaban J connectivity index is 3.64. The number of rotatable bonds is 32. The van der Waals surface area contributed by atoms with Gasteiger partial charge in [-0.2, -0.15) is 0 Å². The molecule has 0 aromatic rings. The third kappa shape index (κ3) is 31.6. The summed E-state index contributed by atoms with van der Waals surface area (Å²) in [6.07, 6.45) is 37.5. The van der Waals surface area contributed by atoms with E-state index in [1.165, 1.54) is 179 Å². The van der Waals surface area contributed by atoms with Crippen molar-refractivity contribution in [3.63, 3.8) is 0 Å². The molecule has 0 saturated heterocycles. The van der Waals surface area contributed by atoms with E-state index in [0.29, 0.717) is 0 Å². The molecule has 0 atom stereocenters. The molecular formula is C35H73N3. The maximum atomic E-state index is 4.95. The van der Waals surface area contributed by atoms with Gasteiger partial charge in [-0.1, -0.05) is 168 Å². The Morgan fingerprint density at radius 3 is 1.24 bits per heavy atom. The molecule has 0 aromatic carbocycles. The molecule has 38 heavy (non-hydrogen) atoms. The summed E-state index contributed by atoms with van der Waals surface area (Å²) >= 11 is 0. The molecule has 3 heteroatoms. The quantitative estimate of drug-likeness (QED) is 0.0510. The van der Waals surface area contributed by atoms with Crippen LogP contribution >= 0.6 is 0 Å². The molecule has 0 aromatic heterocycles. The molecular weight excluding hydrogens is 462 g/mol. The highest BCUT2D eigenvalue weighted by atomic mass is 15.0. The van der Waals surface area contributed by atoms with Gasteiger partial charge >= 0.3 is 0 Å². The number of nitrogens with zero attached hydrogens (tertiary/aromatic N) is 1. The summed E-state index contributed by atoms with van der Waals surface area (Å²) < 4.78 is 0. The van der Waals surface area contributed by atoms with Crippen LogP contribution in [0.3, 0.4) is 0 Å². The highest BCUT2D eigenvalue weighted by Gasteiger charge is 2.00. The van der Waals surface area contributed by atoms with Crippen LogP contribution in [-0.4, -0.2) is 32.0 Å². The average molecular weight is 536 g/mol. The molecule has 0 unspecified atom stereocenters. The van der Waals surface area contributed by atoms with Gasteiger partial charge in [0.1, 0.15) is 0 Å². The predicted molar refractivity (Wildman–Crippen MR) is 175 cm³/mol. The fraction of sp³-hybridized carbons (Fsp3) is 0.971. The number of unbranched alkanes of at least 4 members (excludes halogenated alkanes) is 23. The second-order valence-corrected chi connectivity index (χ2v) is 11.9. The lowest BCUT2D eigenvalue weighted by Gasteiger charge is -2.11. The molecule has 0 aliphatic carbocycles. The largest absolute Gasteiger partial charge is 0.374 e.